The number of imidazole rings is 1. The molecule has 2 heterocycles. The lowest BCUT2D eigenvalue weighted by atomic mass is 10.0. The van der Waals surface area contributed by atoms with Gasteiger partial charge in [-0.3, -0.25) is 13.6 Å². The van der Waals surface area contributed by atoms with E-state index in [9.17, 15) is 22.8 Å². The molecule has 240 valence electrons. The number of fused-ring (bicyclic) bond motifs is 1. The Morgan fingerprint density at radius 3 is 2.47 bits per heavy atom. The maximum atomic E-state index is 14.8. The largest absolute Gasteiger partial charge is 0.494 e. The van der Waals surface area contributed by atoms with Gasteiger partial charge in [0, 0.05) is 48.7 Å². The van der Waals surface area contributed by atoms with Crippen LogP contribution in [-0.2, 0) is 15.9 Å². The first-order valence-electron chi connectivity index (χ1n) is 14.2. The standard InChI is InChI=1S/C31H35F3N6O5/c1-31(2,3)45-30(42)37-13-16-44-15-12-36-29(41)21-6-5-20(17-19(21)9-10-32)39-27-28-38-18-23(40(28)14-11-35-27)22-7-8-24(43-4)26(34)25(22)33/h5-8,11,14,17-18H,9-10,12-13,15-16H2,1-4H3,(H,35,39)(H,36,41)(H,37,42). The molecule has 0 spiro atoms. The van der Waals surface area contributed by atoms with Crippen LogP contribution in [-0.4, -0.2) is 72.1 Å². The zero-order valence-electron chi connectivity index (χ0n) is 25.4. The Hall–Kier alpha value is -4.85. The van der Waals surface area contributed by atoms with Gasteiger partial charge in [0.15, 0.2) is 23.0 Å². The van der Waals surface area contributed by atoms with Gasteiger partial charge in [0.1, 0.15) is 5.60 Å². The smallest absolute Gasteiger partial charge is 0.407 e. The van der Waals surface area contributed by atoms with Crippen LogP contribution in [0.5, 0.6) is 5.75 Å². The number of nitrogens with zero attached hydrogens (tertiary/aromatic N) is 3. The molecule has 0 radical (unpaired) electrons. The van der Waals surface area contributed by atoms with Crippen molar-refractivity contribution >= 4 is 29.2 Å². The molecule has 0 aliphatic rings. The second kappa shape index (κ2) is 14.8. The summed E-state index contributed by atoms with van der Waals surface area (Å²) in [4.78, 5) is 33.2. The van der Waals surface area contributed by atoms with E-state index in [4.69, 9.17) is 14.2 Å². The molecule has 0 saturated carbocycles. The van der Waals surface area contributed by atoms with Crippen LogP contribution in [0.25, 0.3) is 16.9 Å². The summed E-state index contributed by atoms with van der Waals surface area (Å²) in [6.45, 7) is 5.50. The van der Waals surface area contributed by atoms with Gasteiger partial charge in [-0.15, -0.1) is 0 Å². The number of hydrogen-bond acceptors (Lipinski definition) is 8. The second-order valence-corrected chi connectivity index (χ2v) is 10.8. The van der Waals surface area contributed by atoms with Crippen LogP contribution in [0.2, 0.25) is 0 Å². The minimum atomic E-state index is -1.11. The topological polar surface area (TPSA) is 128 Å². The van der Waals surface area contributed by atoms with Crippen LogP contribution in [0.3, 0.4) is 0 Å². The summed E-state index contributed by atoms with van der Waals surface area (Å²) in [5, 5.41) is 8.44. The van der Waals surface area contributed by atoms with E-state index in [0.717, 1.165) is 0 Å². The number of halogens is 3. The highest BCUT2D eigenvalue weighted by Gasteiger charge is 2.20. The summed E-state index contributed by atoms with van der Waals surface area (Å²) >= 11 is 0. The molecular formula is C31H35F3N6O5. The number of anilines is 2. The molecular weight excluding hydrogens is 593 g/mol. The molecule has 45 heavy (non-hydrogen) atoms. The van der Waals surface area contributed by atoms with E-state index >= 15 is 0 Å². The van der Waals surface area contributed by atoms with Gasteiger partial charge in [-0.1, -0.05) is 0 Å². The third kappa shape index (κ3) is 8.41. The summed E-state index contributed by atoms with van der Waals surface area (Å²) in [6.07, 6.45) is 3.89. The Labute approximate surface area is 258 Å². The third-order valence-corrected chi connectivity index (χ3v) is 6.39. The molecule has 11 nitrogen and oxygen atoms in total. The molecule has 2 amide bonds. The van der Waals surface area contributed by atoms with Gasteiger partial charge in [-0.25, -0.2) is 19.2 Å². The van der Waals surface area contributed by atoms with Crippen molar-refractivity contribution in [2.75, 3.05) is 45.4 Å². The van der Waals surface area contributed by atoms with Gasteiger partial charge in [-0.05, 0) is 56.7 Å². The predicted molar refractivity (Wildman–Crippen MR) is 162 cm³/mol. The first kappa shape index (κ1) is 33.1. The first-order valence-corrected chi connectivity index (χ1v) is 14.2. The minimum Gasteiger partial charge on any atom is -0.494 e. The molecule has 0 aliphatic carbocycles. The molecule has 0 fully saturated rings. The number of methoxy groups -OCH3 is 1. The van der Waals surface area contributed by atoms with E-state index in [0.29, 0.717) is 34.0 Å². The lowest BCUT2D eigenvalue weighted by Gasteiger charge is -2.19. The van der Waals surface area contributed by atoms with Crippen LogP contribution in [0.15, 0.2) is 48.9 Å². The maximum Gasteiger partial charge on any atom is 0.407 e. The molecule has 4 rings (SSSR count). The first-order chi connectivity index (χ1) is 21.5. The lowest BCUT2D eigenvalue weighted by molar-refractivity contribution is 0.0500. The quantitative estimate of drug-likeness (QED) is 0.172. The van der Waals surface area contributed by atoms with E-state index in [1.165, 1.54) is 31.6 Å². The molecule has 0 saturated heterocycles. The van der Waals surface area contributed by atoms with Crippen LogP contribution in [0, 0.1) is 11.6 Å². The van der Waals surface area contributed by atoms with Crippen molar-refractivity contribution in [1.29, 1.82) is 0 Å². The number of rotatable bonds is 13. The summed E-state index contributed by atoms with van der Waals surface area (Å²) in [5.74, 6) is -2.49. The van der Waals surface area contributed by atoms with Gasteiger partial charge in [0.25, 0.3) is 5.91 Å². The number of amides is 2. The molecule has 14 heteroatoms. The normalized spacial score (nSPS) is 11.4. The van der Waals surface area contributed by atoms with E-state index in [-0.39, 0.29) is 44.0 Å². The third-order valence-electron chi connectivity index (χ3n) is 6.39. The Morgan fingerprint density at radius 2 is 1.76 bits per heavy atom. The molecule has 0 unspecified atom stereocenters. The van der Waals surface area contributed by atoms with Crippen LogP contribution in [0.4, 0.5) is 29.5 Å². The number of aromatic nitrogens is 3. The Balaban J connectivity index is 1.39. The van der Waals surface area contributed by atoms with Gasteiger partial charge in [0.2, 0.25) is 5.82 Å². The highest BCUT2D eigenvalue weighted by Crippen LogP contribution is 2.31. The molecule has 0 atom stereocenters. The van der Waals surface area contributed by atoms with Crippen LogP contribution < -0.4 is 20.7 Å². The van der Waals surface area contributed by atoms with Crippen molar-refractivity contribution in [3.63, 3.8) is 0 Å². The molecule has 3 N–H and O–H groups in total. The Morgan fingerprint density at radius 1 is 1.00 bits per heavy atom. The molecule has 0 aliphatic heterocycles. The average Bonchev–Trinajstić information content (AvgIpc) is 3.42. The van der Waals surface area contributed by atoms with Crippen LogP contribution >= 0.6 is 0 Å². The summed E-state index contributed by atoms with van der Waals surface area (Å²) in [6, 6.07) is 7.58. The van der Waals surface area contributed by atoms with Gasteiger partial charge in [0.05, 0.1) is 38.9 Å². The highest BCUT2D eigenvalue weighted by atomic mass is 19.2. The fourth-order valence-electron chi connectivity index (χ4n) is 4.41. The second-order valence-electron chi connectivity index (χ2n) is 10.8. The fourth-order valence-corrected chi connectivity index (χ4v) is 4.41. The van der Waals surface area contributed by atoms with Gasteiger partial charge >= 0.3 is 6.09 Å². The van der Waals surface area contributed by atoms with Crippen molar-refractivity contribution in [2.24, 2.45) is 0 Å². The summed E-state index contributed by atoms with van der Waals surface area (Å²) < 4.78 is 59.6. The maximum absolute atomic E-state index is 14.8. The van der Waals surface area contributed by atoms with Crippen molar-refractivity contribution in [1.82, 2.24) is 25.0 Å². The van der Waals surface area contributed by atoms with E-state index in [1.807, 2.05) is 0 Å². The Bertz CT molecular complexity index is 1660. The monoisotopic (exact) mass is 628 g/mol. The number of ether oxygens (including phenoxy) is 3. The van der Waals surface area contributed by atoms with Gasteiger partial charge in [-0.2, -0.15) is 4.39 Å². The number of alkyl carbamates (subject to hydrolysis) is 1. The molecule has 2 aromatic carbocycles. The summed E-state index contributed by atoms with van der Waals surface area (Å²) in [5.41, 5.74) is 1.30. The van der Waals surface area contributed by atoms with Crippen molar-refractivity contribution in [2.45, 2.75) is 32.8 Å². The molecule has 4 aromatic rings. The van der Waals surface area contributed by atoms with Gasteiger partial charge < -0.3 is 30.2 Å². The highest BCUT2D eigenvalue weighted by molar-refractivity contribution is 5.96. The predicted octanol–water partition coefficient (Wildman–Crippen LogP) is 5.21. The van der Waals surface area contributed by atoms with Crippen LogP contribution in [0.1, 0.15) is 36.7 Å². The number of benzene rings is 2. The zero-order chi connectivity index (χ0) is 32.6. The molecule has 0 bridgehead atoms. The SMILES string of the molecule is COc1ccc(-c2cnc3c(Nc4ccc(C(=O)NCCOCCNC(=O)OC(C)(C)C)c(CCF)c4)nccn23)c(F)c1F. The molecule has 2 aromatic heterocycles. The van der Waals surface area contributed by atoms with Crippen molar-refractivity contribution in [3.8, 4) is 17.0 Å². The zero-order valence-corrected chi connectivity index (χ0v) is 25.4. The van der Waals surface area contributed by atoms with E-state index < -0.39 is 35.9 Å². The van der Waals surface area contributed by atoms with Crippen molar-refractivity contribution in [3.05, 3.63) is 71.7 Å². The lowest BCUT2D eigenvalue weighted by Crippen LogP contribution is -2.34. The van der Waals surface area contributed by atoms with Crippen molar-refractivity contribution < 1.29 is 37.0 Å². The number of nitrogens with one attached hydrogen (secondary N) is 3. The Kier molecular flexibility index (Phi) is 10.8. The summed E-state index contributed by atoms with van der Waals surface area (Å²) in [7, 11) is 1.25. The van der Waals surface area contributed by atoms with E-state index in [2.05, 4.69) is 25.9 Å². The number of aryl methyl sites for hydroxylation is 1. The number of hydrogen-bond donors (Lipinski definition) is 3. The number of carbonyl (C=O) groups is 2. The number of alkyl halides is 1. The minimum absolute atomic E-state index is 0.00142. The number of carbonyl (C=O) groups excluding carboxylic acids is 2. The van der Waals surface area contributed by atoms with E-state index in [1.54, 1.807) is 49.6 Å². The fraction of sp³-hybridized carbons (Fsp3) is 0.355. The average molecular weight is 629 g/mol.